The first kappa shape index (κ1) is 14.0. The van der Waals surface area contributed by atoms with E-state index in [0.717, 1.165) is 17.6 Å². The molecule has 1 unspecified atom stereocenters. The third-order valence-corrected chi connectivity index (χ3v) is 4.53. The molecule has 0 aliphatic carbocycles. The molecule has 100 valence electrons. The minimum Gasteiger partial charge on any atom is -0.375 e. The standard InChI is InChI=1S/C12H17BrN2O2S/c1-15(7-11-4-9(13)8-18-11)12(16)5-10-6-14-2-3-17-10/h4,8,10,14H,2-3,5-7H2,1H3. The molecule has 1 aromatic heterocycles. The van der Waals surface area contributed by atoms with Crippen molar-refractivity contribution in [3.8, 4) is 0 Å². The lowest BCUT2D eigenvalue weighted by Crippen LogP contribution is -2.41. The van der Waals surface area contributed by atoms with E-state index in [1.165, 1.54) is 4.88 Å². The predicted octanol–water partition coefficient (Wildman–Crippen LogP) is 1.85. The molecule has 2 heterocycles. The molecule has 1 aliphatic heterocycles. The van der Waals surface area contributed by atoms with Crippen molar-refractivity contribution >= 4 is 33.2 Å². The molecular weight excluding hydrogens is 316 g/mol. The molecule has 1 atom stereocenters. The van der Waals surface area contributed by atoms with E-state index in [1.807, 2.05) is 18.5 Å². The molecule has 6 heteroatoms. The maximum absolute atomic E-state index is 12.0. The average molecular weight is 333 g/mol. The molecule has 0 aromatic carbocycles. The number of hydrogen-bond acceptors (Lipinski definition) is 4. The molecule has 1 saturated heterocycles. The van der Waals surface area contributed by atoms with Gasteiger partial charge in [0.05, 0.1) is 25.7 Å². The van der Waals surface area contributed by atoms with Crippen molar-refractivity contribution in [3.63, 3.8) is 0 Å². The molecule has 0 saturated carbocycles. The maximum atomic E-state index is 12.0. The minimum absolute atomic E-state index is 0.0174. The number of morpholine rings is 1. The molecule has 1 fully saturated rings. The molecule has 0 spiro atoms. The van der Waals surface area contributed by atoms with Crippen LogP contribution in [0.5, 0.6) is 0 Å². The van der Waals surface area contributed by atoms with Gasteiger partial charge in [0.25, 0.3) is 0 Å². The van der Waals surface area contributed by atoms with Gasteiger partial charge in [0, 0.05) is 34.9 Å². The Kier molecular flexibility index (Phi) is 5.17. The second kappa shape index (κ2) is 6.65. The van der Waals surface area contributed by atoms with Gasteiger partial charge in [-0.2, -0.15) is 0 Å². The van der Waals surface area contributed by atoms with Crippen LogP contribution in [0, 0.1) is 0 Å². The van der Waals surface area contributed by atoms with Crippen LogP contribution in [0.15, 0.2) is 15.9 Å². The largest absolute Gasteiger partial charge is 0.375 e. The summed E-state index contributed by atoms with van der Waals surface area (Å²) in [7, 11) is 1.84. The van der Waals surface area contributed by atoms with Gasteiger partial charge in [-0.05, 0) is 22.0 Å². The van der Waals surface area contributed by atoms with E-state index < -0.39 is 0 Å². The van der Waals surface area contributed by atoms with Gasteiger partial charge in [0.15, 0.2) is 0 Å². The number of halogens is 1. The van der Waals surface area contributed by atoms with Crippen molar-refractivity contribution in [2.75, 3.05) is 26.7 Å². The van der Waals surface area contributed by atoms with E-state index in [1.54, 1.807) is 16.2 Å². The van der Waals surface area contributed by atoms with Crippen LogP contribution in [0.3, 0.4) is 0 Å². The number of amides is 1. The maximum Gasteiger partial charge on any atom is 0.225 e. The predicted molar refractivity (Wildman–Crippen MR) is 75.7 cm³/mol. The lowest BCUT2D eigenvalue weighted by atomic mass is 10.2. The Labute approximate surface area is 119 Å². The fourth-order valence-electron chi connectivity index (χ4n) is 1.86. The Bertz CT molecular complexity index is 405. The fraction of sp³-hybridized carbons (Fsp3) is 0.583. The van der Waals surface area contributed by atoms with Crippen LogP contribution < -0.4 is 5.32 Å². The number of nitrogens with one attached hydrogen (secondary N) is 1. The molecule has 1 amide bonds. The Morgan fingerprint density at radius 2 is 2.56 bits per heavy atom. The highest BCUT2D eigenvalue weighted by atomic mass is 79.9. The van der Waals surface area contributed by atoms with Gasteiger partial charge in [0.1, 0.15) is 0 Å². The molecule has 1 N–H and O–H groups in total. The van der Waals surface area contributed by atoms with Crippen molar-refractivity contribution in [3.05, 3.63) is 20.8 Å². The molecule has 0 bridgehead atoms. The first-order chi connectivity index (χ1) is 8.65. The number of hydrogen-bond donors (Lipinski definition) is 1. The van der Waals surface area contributed by atoms with E-state index in [4.69, 9.17) is 4.74 Å². The van der Waals surface area contributed by atoms with Crippen molar-refractivity contribution in [2.45, 2.75) is 19.1 Å². The van der Waals surface area contributed by atoms with Crippen LogP contribution in [0.25, 0.3) is 0 Å². The summed E-state index contributed by atoms with van der Waals surface area (Å²) in [4.78, 5) is 15.0. The molecule has 4 nitrogen and oxygen atoms in total. The fourth-order valence-corrected chi connectivity index (χ4v) is 3.36. The first-order valence-corrected chi connectivity index (χ1v) is 7.61. The van der Waals surface area contributed by atoms with Gasteiger partial charge in [-0.15, -0.1) is 11.3 Å². The minimum atomic E-state index is 0.0174. The third-order valence-electron chi connectivity index (χ3n) is 2.85. The summed E-state index contributed by atoms with van der Waals surface area (Å²) < 4.78 is 6.61. The second-order valence-electron chi connectivity index (χ2n) is 4.38. The molecular formula is C12H17BrN2O2S. The molecule has 0 radical (unpaired) electrons. The number of rotatable bonds is 4. The van der Waals surface area contributed by atoms with Gasteiger partial charge in [-0.3, -0.25) is 4.79 Å². The summed E-state index contributed by atoms with van der Waals surface area (Å²) in [6, 6.07) is 2.05. The number of carbonyl (C=O) groups is 1. The van der Waals surface area contributed by atoms with Crippen LogP contribution >= 0.6 is 27.3 Å². The lowest BCUT2D eigenvalue weighted by Gasteiger charge is -2.25. The summed E-state index contributed by atoms with van der Waals surface area (Å²) in [5.41, 5.74) is 0. The van der Waals surface area contributed by atoms with Gasteiger partial charge in [-0.1, -0.05) is 0 Å². The summed E-state index contributed by atoms with van der Waals surface area (Å²) in [6.07, 6.45) is 0.472. The topological polar surface area (TPSA) is 41.6 Å². The monoisotopic (exact) mass is 332 g/mol. The van der Waals surface area contributed by atoms with Crippen LogP contribution in [0.2, 0.25) is 0 Å². The number of nitrogens with zero attached hydrogens (tertiary/aromatic N) is 1. The van der Waals surface area contributed by atoms with E-state index in [-0.39, 0.29) is 12.0 Å². The summed E-state index contributed by atoms with van der Waals surface area (Å²) in [5.74, 6) is 0.133. The Morgan fingerprint density at radius 1 is 1.72 bits per heavy atom. The van der Waals surface area contributed by atoms with Crippen LogP contribution in [0.1, 0.15) is 11.3 Å². The smallest absolute Gasteiger partial charge is 0.225 e. The Balaban J connectivity index is 1.80. The number of carbonyl (C=O) groups excluding carboxylic acids is 1. The average Bonchev–Trinajstić information content (AvgIpc) is 2.76. The van der Waals surface area contributed by atoms with E-state index in [9.17, 15) is 4.79 Å². The highest BCUT2D eigenvalue weighted by Gasteiger charge is 2.19. The van der Waals surface area contributed by atoms with Crippen molar-refractivity contribution < 1.29 is 9.53 Å². The number of ether oxygens (including phenoxy) is 1. The zero-order valence-electron chi connectivity index (χ0n) is 10.3. The third kappa shape index (κ3) is 4.05. The van der Waals surface area contributed by atoms with Gasteiger partial charge < -0.3 is 15.0 Å². The summed E-state index contributed by atoms with van der Waals surface area (Å²) in [5, 5.41) is 5.26. The highest BCUT2D eigenvalue weighted by Crippen LogP contribution is 2.21. The van der Waals surface area contributed by atoms with Gasteiger partial charge in [0.2, 0.25) is 5.91 Å². The molecule has 2 rings (SSSR count). The number of thiophene rings is 1. The zero-order valence-corrected chi connectivity index (χ0v) is 12.7. The molecule has 1 aromatic rings. The van der Waals surface area contributed by atoms with Gasteiger partial charge >= 0.3 is 0 Å². The second-order valence-corrected chi connectivity index (χ2v) is 6.29. The quantitative estimate of drug-likeness (QED) is 0.914. The molecule has 18 heavy (non-hydrogen) atoms. The highest BCUT2D eigenvalue weighted by molar-refractivity contribution is 9.10. The van der Waals surface area contributed by atoms with Crippen molar-refractivity contribution in [2.24, 2.45) is 0 Å². The SMILES string of the molecule is CN(Cc1cc(Br)cs1)C(=O)CC1CNCCO1. The normalized spacial score (nSPS) is 19.8. The van der Waals surface area contributed by atoms with Crippen LogP contribution in [0.4, 0.5) is 0 Å². The summed E-state index contributed by atoms with van der Waals surface area (Å²) in [6.45, 7) is 3.00. The Hall–Kier alpha value is -0.430. The first-order valence-electron chi connectivity index (χ1n) is 5.94. The van der Waals surface area contributed by atoms with Crippen LogP contribution in [-0.4, -0.2) is 43.7 Å². The Morgan fingerprint density at radius 3 is 3.17 bits per heavy atom. The zero-order chi connectivity index (χ0) is 13.0. The van der Waals surface area contributed by atoms with Crippen molar-refractivity contribution in [1.82, 2.24) is 10.2 Å². The van der Waals surface area contributed by atoms with Gasteiger partial charge in [-0.25, -0.2) is 0 Å². The lowest BCUT2D eigenvalue weighted by molar-refractivity contribution is -0.133. The molecule has 1 aliphatic rings. The summed E-state index contributed by atoms with van der Waals surface area (Å²) >= 11 is 5.07. The van der Waals surface area contributed by atoms with E-state index in [2.05, 4.69) is 21.2 Å². The van der Waals surface area contributed by atoms with Crippen LogP contribution in [-0.2, 0) is 16.1 Å². The van der Waals surface area contributed by atoms with E-state index >= 15 is 0 Å². The van der Waals surface area contributed by atoms with E-state index in [0.29, 0.717) is 19.6 Å². The van der Waals surface area contributed by atoms with Crippen molar-refractivity contribution in [1.29, 1.82) is 0 Å².